The van der Waals surface area contributed by atoms with E-state index in [1.807, 2.05) is 0 Å². The highest BCUT2D eigenvalue weighted by Gasteiger charge is 2.27. The molecule has 3 atom stereocenters. The molecule has 0 aliphatic heterocycles. The minimum absolute atomic E-state index is 0.198. The van der Waals surface area contributed by atoms with E-state index in [-0.39, 0.29) is 12.8 Å². The Bertz CT molecular complexity index is 781. The largest absolute Gasteiger partial charge is 0.472 e. The van der Waals surface area contributed by atoms with Crippen LogP contribution in [0.15, 0.2) is 0 Å². The Labute approximate surface area is 293 Å². The third-order valence-electron chi connectivity index (χ3n) is 8.57. The van der Waals surface area contributed by atoms with E-state index in [1.165, 1.54) is 109 Å². The lowest BCUT2D eigenvalue weighted by atomic mass is 10.0. The average molecular weight is 709 g/mol. The molecule has 48 heavy (non-hydrogen) atoms. The van der Waals surface area contributed by atoms with Gasteiger partial charge in [0.25, 0.3) is 0 Å². The van der Waals surface area contributed by atoms with Gasteiger partial charge in [-0.25, -0.2) is 4.57 Å². The van der Waals surface area contributed by atoms with Crippen molar-refractivity contribution in [3.8, 4) is 0 Å². The highest BCUT2D eigenvalue weighted by atomic mass is 31.2. The summed E-state index contributed by atoms with van der Waals surface area (Å²) in [5.41, 5.74) is 0. The summed E-state index contributed by atoms with van der Waals surface area (Å²) in [6, 6.07) is 0. The molecule has 0 bridgehead atoms. The predicted molar refractivity (Wildman–Crippen MR) is 192 cm³/mol. The first-order valence-corrected chi connectivity index (χ1v) is 21.0. The number of aliphatic hydroxyl groups excluding tert-OH is 2. The van der Waals surface area contributed by atoms with Crippen molar-refractivity contribution in [2.45, 2.75) is 199 Å². The summed E-state index contributed by atoms with van der Waals surface area (Å²) in [7, 11) is -4.62. The molecule has 11 heteroatoms. The third-order valence-corrected chi connectivity index (χ3v) is 9.52. The molecule has 0 aliphatic rings. The molecule has 0 fully saturated rings. The average Bonchev–Trinajstić information content (AvgIpc) is 3.07. The van der Waals surface area contributed by atoms with Crippen LogP contribution in [0.3, 0.4) is 0 Å². The fraction of sp³-hybridized carbons (Fsp3) is 0.946. The monoisotopic (exact) mass is 708 g/mol. The number of carbonyl (C=O) groups excluding carboxylic acids is 2. The van der Waals surface area contributed by atoms with Crippen molar-refractivity contribution >= 4 is 19.8 Å². The van der Waals surface area contributed by atoms with E-state index < -0.39 is 58.4 Å². The van der Waals surface area contributed by atoms with Crippen molar-refractivity contribution in [2.75, 3.05) is 26.4 Å². The maximum Gasteiger partial charge on any atom is 0.472 e. The van der Waals surface area contributed by atoms with E-state index in [4.69, 9.17) is 18.5 Å². The second-order valence-electron chi connectivity index (χ2n) is 13.3. The summed E-state index contributed by atoms with van der Waals surface area (Å²) in [5.74, 6) is -1.01. The van der Waals surface area contributed by atoms with Gasteiger partial charge in [0, 0.05) is 12.8 Å². The van der Waals surface area contributed by atoms with E-state index in [2.05, 4.69) is 13.8 Å². The third kappa shape index (κ3) is 32.2. The van der Waals surface area contributed by atoms with Gasteiger partial charge in [-0.05, 0) is 12.8 Å². The zero-order chi connectivity index (χ0) is 35.6. The Morgan fingerprint density at radius 2 is 0.729 bits per heavy atom. The molecular weight excluding hydrogens is 635 g/mol. The molecule has 3 N–H and O–H groups in total. The number of phosphoric acid groups is 1. The Hall–Kier alpha value is -1.03. The summed E-state index contributed by atoms with van der Waals surface area (Å²) in [6.07, 6.45) is 27.9. The van der Waals surface area contributed by atoms with Crippen molar-refractivity contribution < 1.29 is 47.8 Å². The number of hydrogen-bond acceptors (Lipinski definition) is 9. The number of esters is 2. The van der Waals surface area contributed by atoms with Gasteiger partial charge in [0.15, 0.2) is 0 Å². The van der Waals surface area contributed by atoms with Crippen molar-refractivity contribution in [3.05, 3.63) is 0 Å². The molecule has 0 radical (unpaired) electrons. The van der Waals surface area contributed by atoms with Gasteiger partial charge in [-0.2, -0.15) is 0 Å². The molecule has 0 amide bonds. The topological polar surface area (TPSA) is 149 Å². The van der Waals surface area contributed by atoms with Crippen LogP contribution in [0.25, 0.3) is 0 Å². The van der Waals surface area contributed by atoms with Crippen LogP contribution in [-0.2, 0) is 32.7 Å². The Balaban J connectivity index is 3.95. The van der Waals surface area contributed by atoms with Gasteiger partial charge in [-0.3, -0.25) is 18.6 Å². The summed E-state index contributed by atoms with van der Waals surface area (Å²) in [6.45, 7) is 2.21. The van der Waals surface area contributed by atoms with Gasteiger partial charge in [-0.1, -0.05) is 162 Å². The molecule has 0 aromatic carbocycles. The second-order valence-corrected chi connectivity index (χ2v) is 14.7. The number of ether oxygens (including phenoxy) is 2. The molecule has 0 saturated carbocycles. The van der Waals surface area contributed by atoms with Gasteiger partial charge >= 0.3 is 19.8 Å². The number of hydrogen-bond donors (Lipinski definition) is 3. The smallest absolute Gasteiger partial charge is 0.457 e. The fourth-order valence-electron chi connectivity index (χ4n) is 5.53. The van der Waals surface area contributed by atoms with Crippen molar-refractivity contribution in [1.82, 2.24) is 0 Å². The first-order valence-electron chi connectivity index (χ1n) is 19.5. The zero-order valence-corrected chi connectivity index (χ0v) is 31.6. The van der Waals surface area contributed by atoms with E-state index in [0.717, 1.165) is 38.5 Å². The number of rotatable bonds is 37. The van der Waals surface area contributed by atoms with Gasteiger partial charge in [0.2, 0.25) is 0 Å². The van der Waals surface area contributed by atoms with E-state index in [1.54, 1.807) is 0 Å². The SMILES string of the molecule is CCCCCCCCCCCCCCCC(=O)OC(CO)COP(=O)(O)OCC(CO)OC(=O)CCCCCCCCCCCCCC. The normalized spacial score (nSPS) is 14.0. The molecule has 0 aromatic rings. The predicted octanol–water partition coefficient (Wildman–Crippen LogP) is 9.50. The van der Waals surface area contributed by atoms with Gasteiger partial charge < -0.3 is 24.6 Å². The molecule has 0 rings (SSSR count). The minimum atomic E-state index is -4.62. The molecule has 0 saturated heterocycles. The van der Waals surface area contributed by atoms with Crippen LogP contribution in [0, 0.1) is 0 Å². The van der Waals surface area contributed by atoms with E-state index in [9.17, 15) is 29.3 Å². The molecule has 0 heterocycles. The number of unbranched alkanes of at least 4 members (excludes halogenated alkanes) is 23. The first kappa shape index (κ1) is 47.0. The molecule has 0 aliphatic carbocycles. The zero-order valence-electron chi connectivity index (χ0n) is 30.7. The quantitative estimate of drug-likeness (QED) is 0.0324. The highest BCUT2D eigenvalue weighted by Crippen LogP contribution is 2.43. The number of phosphoric ester groups is 1. The van der Waals surface area contributed by atoms with Gasteiger partial charge in [0.1, 0.15) is 12.2 Å². The van der Waals surface area contributed by atoms with Crippen LogP contribution in [0.1, 0.15) is 187 Å². The lowest BCUT2D eigenvalue weighted by Gasteiger charge is -2.20. The molecule has 10 nitrogen and oxygen atoms in total. The van der Waals surface area contributed by atoms with Crippen molar-refractivity contribution in [2.24, 2.45) is 0 Å². The van der Waals surface area contributed by atoms with E-state index >= 15 is 0 Å². The summed E-state index contributed by atoms with van der Waals surface area (Å²) in [5, 5.41) is 19.1. The molecule has 0 aromatic heterocycles. The Morgan fingerprint density at radius 1 is 0.479 bits per heavy atom. The lowest BCUT2D eigenvalue weighted by molar-refractivity contribution is -0.153. The van der Waals surface area contributed by atoms with Crippen LogP contribution in [0.5, 0.6) is 0 Å². The first-order chi connectivity index (χ1) is 23.3. The van der Waals surface area contributed by atoms with Crippen LogP contribution < -0.4 is 0 Å². The Kier molecular flexibility index (Phi) is 33.7. The second kappa shape index (κ2) is 34.4. The summed E-state index contributed by atoms with van der Waals surface area (Å²) >= 11 is 0. The number of aliphatic hydroxyl groups is 2. The van der Waals surface area contributed by atoms with Crippen LogP contribution in [0.4, 0.5) is 0 Å². The maximum atomic E-state index is 12.3. The summed E-state index contributed by atoms with van der Waals surface area (Å²) in [4.78, 5) is 34.3. The van der Waals surface area contributed by atoms with Gasteiger partial charge in [-0.15, -0.1) is 0 Å². The molecular formula is C37H73O10P. The lowest BCUT2D eigenvalue weighted by Crippen LogP contribution is -2.28. The van der Waals surface area contributed by atoms with Crippen molar-refractivity contribution in [3.63, 3.8) is 0 Å². The highest BCUT2D eigenvalue weighted by molar-refractivity contribution is 7.47. The van der Waals surface area contributed by atoms with Crippen LogP contribution in [-0.4, -0.2) is 65.7 Å². The van der Waals surface area contributed by atoms with E-state index in [0.29, 0.717) is 12.8 Å². The maximum absolute atomic E-state index is 12.3. The van der Waals surface area contributed by atoms with Crippen LogP contribution >= 0.6 is 7.82 Å². The Morgan fingerprint density at radius 3 is 0.979 bits per heavy atom. The van der Waals surface area contributed by atoms with Crippen molar-refractivity contribution in [1.29, 1.82) is 0 Å². The number of carbonyl (C=O) groups is 2. The minimum Gasteiger partial charge on any atom is -0.457 e. The molecule has 0 spiro atoms. The fourth-order valence-corrected chi connectivity index (χ4v) is 6.31. The summed E-state index contributed by atoms with van der Waals surface area (Å²) < 4.78 is 32.4. The van der Waals surface area contributed by atoms with Crippen LogP contribution in [0.2, 0.25) is 0 Å². The van der Waals surface area contributed by atoms with Gasteiger partial charge in [0.05, 0.1) is 26.4 Å². The standard InChI is InChI=1S/C37H73O10P/c1-3-5-7-9-11-13-15-17-19-21-23-25-27-29-37(41)47-35(31-39)33-45-48(42,43)44-32-34(30-38)46-36(40)28-26-24-22-20-18-16-14-12-10-8-6-4-2/h34-35,38-39H,3-33H2,1-2H3,(H,42,43). The molecule has 3 unspecified atom stereocenters. The molecule has 286 valence electrons.